The molecule has 2 rings (SSSR count). The van der Waals surface area contributed by atoms with E-state index in [9.17, 15) is 13.2 Å². The molecule has 9 heteroatoms. The highest BCUT2D eigenvalue weighted by molar-refractivity contribution is 7.89. The van der Waals surface area contributed by atoms with Crippen LogP contribution in [0.1, 0.15) is 12.5 Å². The second-order valence-electron chi connectivity index (χ2n) is 5.85. The minimum Gasteiger partial charge on any atom is -0.493 e. The molecule has 0 aliphatic carbocycles. The summed E-state index contributed by atoms with van der Waals surface area (Å²) < 4.78 is 37.2. The molecule has 0 bridgehead atoms. The lowest BCUT2D eigenvalue weighted by atomic mass is 10.2. The zero-order valence-electron chi connectivity index (χ0n) is 15.9. The van der Waals surface area contributed by atoms with Crippen molar-refractivity contribution in [2.24, 2.45) is 0 Å². The first-order valence-electron chi connectivity index (χ1n) is 8.55. The molecule has 0 heterocycles. The molecule has 0 aliphatic rings. The molecule has 1 amide bonds. The third-order valence-corrected chi connectivity index (χ3v) is 6.24. The highest BCUT2D eigenvalue weighted by Gasteiger charge is 2.26. The molecule has 1 N–H and O–H groups in total. The van der Waals surface area contributed by atoms with Gasteiger partial charge in [0.1, 0.15) is 0 Å². The van der Waals surface area contributed by atoms with Gasteiger partial charge >= 0.3 is 0 Å². The average Bonchev–Trinajstić information content (AvgIpc) is 2.70. The SMILES string of the molecule is CCN(CC(=O)NCc1ccc(Cl)cc1)S(=O)(=O)c1ccc(OC)c(OC)c1. The fraction of sp³-hybridized carbons (Fsp3) is 0.316. The highest BCUT2D eigenvalue weighted by Crippen LogP contribution is 2.30. The minimum absolute atomic E-state index is 0.0255. The predicted molar refractivity (Wildman–Crippen MR) is 107 cm³/mol. The Morgan fingerprint density at radius 3 is 2.29 bits per heavy atom. The van der Waals surface area contributed by atoms with Gasteiger partial charge in [0.2, 0.25) is 15.9 Å². The number of nitrogens with one attached hydrogen (secondary N) is 1. The van der Waals surface area contributed by atoms with Crippen LogP contribution in [-0.4, -0.2) is 45.9 Å². The number of methoxy groups -OCH3 is 2. The first kappa shape index (κ1) is 22.0. The van der Waals surface area contributed by atoms with E-state index in [1.807, 2.05) is 0 Å². The summed E-state index contributed by atoms with van der Waals surface area (Å²) >= 11 is 5.83. The van der Waals surface area contributed by atoms with Crippen LogP contribution in [0, 0.1) is 0 Å². The predicted octanol–water partition coefficient (Wildman–Crippen LogP) is 2.68. The summed E-state index contributed by atoms with van der Waals surface area (Å²) in [6.45, 7) is 1.81. The number of amides is 1. The van der Waals surface area contributed by atoms with Crippen LogP contribution in [-0.2, 0) is 21.4 Å². The number of carbonyl (C=O) groups excluding carboxylic acids is 1. The Morgan fingerprint density at radius 2 is 1.71 bits per heavy atom. The van der Waals surface area contributed by atoms with Crippen molar-refractivity contribution >= 4 is 27.5 Å². The van der Waals surface area contributed by atoms with Crippen molar-refractivity contribution in [1.29, 1.82) is 0 Å². The molecule has 0 aromatic heterocycles. The van der Waals surface area contributed by atoms with Crippen molar-refractivity contribution in [1.82, 2.24) is 9.62 Å². The molecule has 0 saturated heterocycles. The Hall–Kier alpha value is -2.29. The zero-order chi connectivity index (χ0) is 20.7. The molecule has 0 aliphatic heterocycles. The second kappa shape index (κ2) is 9.77. The highest BCUT2D eigenvalue weighted by atomic mass is 35.5. The van der Waals surface area contributed by atoms with E-state index in [0.717, 1.165) is 9.87 Å². The van der Waals surface area contributed by atoms with Crippen molar-refractivity contribution in [2.45, 2.75) is 18.4 Å². The number of halogens is 1. The van der Waals surface area contributed by atoms with Crippen molar-refractivity contribution in [3.8, 4) is 11.5 Å². The van der Waals surface area contributed by atoms with Crippen LogP contribution in [0.2, 0.25) is 5.02 Å². The summed E-state index contributed by atoms with van der Waals surface area (Å²) in [6.07, 6.45) is 0. The number of rotatable bonds is 9. The molecule has 2 aromatic rings. The van der Waals surface area contributed by atoms with Gasteiger partial charge in [0, 0.05) is 24.2 Å². The van der Waals surface area contributed by atoms with E-state index in [-0.39, 0.29) is 24.5 Å². The lowest BCUT2D eigenvalue weighted by Crippen LogP contribution is -2.40. The van der Waals surface area contributed by atoms with Gasteiger partial charge in [-0.2, -0.15) is 4.31 Å². The Balaban J connectivity index is 2.10. The number of hydrogen-bond donors (Lipinski definition) is 1. The normalized spacial score (nSPS) is 11.3. The van der Waals surface area contributed by atoms with Crippen LogP contribution in [0.3, 0.4) is 0 Å². The van der Waals surface area contributed by atoms with Crippen molar-refractivity contribution < 1.29 is 22.7 Å². The molecule has 0 fully saturated rings. The standard InChI is InChI=1S/C19H23ClN2O5S/c1-4-22(13-19(23)21-12-14-5-7-15(20)8-6-14)28(24,25)16-9-10-17(26-2)18(11-16)27-3/h5-11H,4,12-13H2,1-3H3,(H,21,23). The lowest BCUT2D eigenvalue weighted by Gasteiger charge is -2.20. The summed E-state index contributed by atoms with van der Waals surface area (Å²) in [5.74, 6) is 0.317. The van der Waals surface area contributed by atoms with Crippen molar-refractivity contribution in [3.05, 3.63) is 53.1 Å². The molecule has 0 radical (unpaired) electrons. The summed E-state index contributed by atoms with van der Waals surface area (Å²) in [6, 6.07) is 11.3. The number of ether oxygens (including phenoxy) is 2. The molecule has 28 heavy (non-hydrogen) atoms. The topological polar surface area (TPSA) is 84.9 Å². The first-order chi connectivity index (χ1) is 13.3. The molecular formula is C19H23ClN2O5S. The van der Waals surface area contributed by atoms with Gasteiger partial charge in [-0.1, -0.05) is 30.7 Å². The molecule has 152 valence electrons. The molecule has 0 atom stereocenters. The van der Waals surface area contributed by atoms with E-state index in [1.54, 1.807) is 31.2 Å². The van der Waals surface area contributed by atoms with Gasteiger partial charge < -0.3 is 14.8 Å². The van der Waals surface area contributed by atoms with Gasteiger partial charge in [0.05, 0.1) is 25.7 Å². The van der Waals surface area contributed by atoms with E-state index >= 15 is 0 Å². The van der Waals surface area contributed by atoms with Gasteiger partial charge in [-0.3, -0.25) is 4.79 Å². The minimum atomic E-state index is -3.87. The number of benzene rings is 2. The summed E-state index contributed by atoms with van der Waals surface area (Å²) in [7, 11) is -0.979. The van der Waals surface area contributed by atoms with Crippen molar-refractivity contribution in [3.63, 3.8) is 0 Å². The van der Waals surface area contributed by atoms with Crippen LogP contribution < -0.4 is 14.8 Å². The van der Waals surface area contributed by atoms with E-state index in [0.29, 0.717) is 16.5 Å². The van der Waals surface area contributed by atoms with Gasteiger partial charge in [-0.15, -0.1) is 0 Å². The third-order valence-electron chi connectivity index (χ3n) is 4.07. The molecule has 7 nitrogen and oxygen atoms in total. The van der Waals surface area contributed by atoms with Crippen LogP contribution in [0.5, 0.6) is 11.5 Å². The number of nitrogens with zero attached hydrogens (tertiary/aromatic N) is 1. The van der Waals surface area contributed by atoms with Crippen molar-refractivity contribution in [2.75, 3.05) is 27.3 Å². The molecule has 0 spiro atoms. The number of sulfonamides is 1. The number of hydrogen-bond acceptors (Lipinski definition) is 5. The Kier molecular flexibility index (Phi) is 7.68. The quantitative estimate of drug-likeness (QED) is 0.666. The first-order valence-corrected chi connectivity index (χ1v) is 10.4. The van der Waals surface area contributed by atoms with Gasteiger partial charge in [-0.05, 0) is 29.8 Å². The van der Waals surface area contributed by atoms with E-state index < -0.39 is 15.9 Å². The van der Waals surface area contributed by atoms with Gasteiger partial charge in [0.15, 0.2) is 11.5 Å². The smallest absolute Gasteiger partial charge is 0.243 e. The van der Waals surface area contributed by atoms with Crippen LogP contribution in [0.15, 0.2) is 47.4 Å². The lowest BCUT2D eigenvalue weighted by molar-refractivity contribution is -0.121. The Labute approximate surface area is 170 Å². The second-order valence-corrected chi connectivity index (χ2v) is 8.23. The van der Waals surface area contributed by atoms with Crippen LogP contribution in [0.4, 0.5) is 0 Å². The summed E-state index contributed by atoms with van der Waals surface area (Å²) in [5.41, 5.74) is 0.864. The molecule has 2 aromatic carbocycles. The van der Waals surface area contributed by atoms with E-state index in [2.05, 4.69) is 5.32 Å². The molecule has 0 unspecified atom stereocenters. The Bertz CT molecular complexity index is 916. The summed E-state index contributed by atoms with van der Waals surface area (Å²) in [5, 5.41) is 3.32. The van der Waals surface area contributed by atoms with Crippen LogP contribution >= 0.6 is 11.6 Å². The summed E-state index contributed by atoms with van der Waals surface area (Å²) in [4.78, 5) is 12.3. The monoisotopic (exact) mass is 426 g/mol. The molecule has 0 saturated carbocycles. The zero-order valence-corrected chi connectivity index (χ0v) is 17.5. The number of likely N-dealkylation sites (N-methyl/N-ethyl adjacent to an activating group) is 1. The fourth-order valence-corrected chi connectivity index (χ4v) is 4.06. The molecular weight excluding hydrogens is 404 g/mol. The van der Waals surface area contributed by atoms with E-state index in [1.165, 1.54) is 32.4 Å². The van der Waals surface area contributed by atoms with E-state index in [4.69, 9.17) is 21.1 Å². The maximum absolute atomic E-state index is 12.9. The van der Waals surface area contributed by atoms with Gasteiger partial charge in [-0.25, -0.2) is 8.42 Å². The fourth-order valence-electron chi connectivity index (χ4n) is 2.51. The van der Waals surface area contributed by atoms with Crippen LogP contribution in [0.25, 0.3) is 0 Å². The third kappa shape index (κ3) is 5.37. The maximum Gasteiger partial charge on any atom is 0.243 e. The average molecular weight is 427 g/mol. The van der Waals surface area contributed by atoms with Gasteiger partial charge in [0.25, 0.3) is 0 Å². The maximum atomic E-state index is 12.9. The largest absolute Gasteiger partial charge is 0.493 e. The Morgan fingerprint density at radius 1 is 1.07 bits per heavy atom. The number of carbonyl (C=O) groups is 1.